The fourth-order valence-corrected chi connectivity index (χ4v) is 2.60. The Morgan fingerprint density at radius 3 is 2.67 bits per heavy atom. The van der Waals surface area contributed by atoms with Crippen molar-refractivity contribution in [2.24, 2.45) is 0 Å². The maximum Gasteiger partial charge on any atom is 0.129 e. The van der Waals surface area contributed by atoms with Crippen molar-refractivity contribution < 1.29 is 8.78 Å². The van der Waals surface area contributed by atoms with E-state index in [1.807, 2.05) is 12.4 Å². The van der Waals surface area contributed by atoms with Crippen molar-refractivity contribution in [2.45, 2.75) is 18.9 Å². The first-order valence-corrected chi connectivity index (χ1v) is 6.75. The fourth-order valence-electron chi connectivity index (χ4n) is 1.92. The predicted molar refractivity (Wildman–Crippen MR) is 70.9 cm³/mol. The molecule has 1 aromatic heterocycles. The summed E-state index contributed by atoms with van der Waals surface area (Å²) < 4.78 is 26.4. The second kappa shape index (κ2) is 6.07. The Morgan fingerprint density at radius 2 is 2.06 bits per heavy atom. The van der Waals surface area contributed by atoms with E-state index in [9.17, 15) is 8.78 Å². The predicted octanol–water partition coefficient (Wildman–Crippen LogP) is 3.40. The van der Waals surface area contributed by atoms with Gasteiger partial charge in [-0.3, -0.25) is 0 Å². The summed E-state index contributed by atoms with van der Waals surface area (Å²) in [6, 6.07) is 5.97. The number of hydrogen-bond donors (Lipinski definition) is 1. The highest BCUT2D eigenvalue weighted by atomic mass is 32.1. The number of halogens is 2. The van der Waals surface area contributed by atoms with Gasteiger partial charge in [0.25, 0.3) is 0 Å². The summed E-state index contributed by atoms with van der Waals surface area (Å²) in [7, 11) is 1.86. The highest BCUT2D eigenvalue weighted by molar-refractivity contribution is 7.07. The van der Waals surface area contributed by atoms with Gasteiger partial charge in [-0.25, -0.2) is 8.78 Å². The molecule has 2 aromatic rings. The average Bonchev–Trinajstić information content (AvgIpc) is 2.84. The quantitative estimate of drug-likeness (QED) is 0.875. The fraction of sp³-hybridized carbons (Fsp3) is 0.286. The number of thiophene rings is 1. The molecule has 0 saturated heterocycles. The average molecular weight is 267 g/mol. The third kappa shape index (κ3) is 3.37. The molecule has 0 radical (unpaired) electrons. The Kier molecular flexibility index (Phi) is 4.44. The zero-order valence-corrected chi connectivity index (χ0v) is 10.9. The van der Waals surface area contributed by atoms with Crippen LogP contribution in [0.25, 0.3) is 0 Å². The lowest BCUT2D eigenvalue weighted by molar-refractivity contribution is 0.524. The van der Waals surface area contributed by atoms with Crippen LogP contribution in [0.5, 0.6) is 0 Å². The van der Waals surface area contributed by atoms with Gasteiger partial charge in [0, 0.05) is 12.1 Å². The molecule has 1 unspecified atom stereocenters. The molecule has 0 fully saturated rings. The van der Waals surface area contributed by atoms with Gasteiger partial charge in [-0.15, -0.1) is 0 Å². The lowest BCUT2D eigenvalue weighted by Crippen LogP contribution is -2.30. The molecule has 1 atom stereocenters. The van der Waals surface area contributed by atoms with Crippen molar-refractivity contribution in [1.82, 2.24) is 5.32 Å². The van der Waals surface area contributed by atoms with Gasteiger partial charge in [0.05, 0.1) is 0 Å². The maximum atomic E-state index is 13.6. The summed E-state index contributed by atoms with van der Waals surface area (Å²) in [6.07, 6.45) is 1.40. The van der Waals surface area contributed by atoms with Crippen LogP contribution >= 0.6 is 11.3 Å². The molecule has 0 bridgehead atoms. The molecule has 18 heavy (non-hydrogen) atoms. The van der Waals surface area contributed by atoms with Crippen LogP contribution in [0.4, 0.5) is 8.78 Å². The van der Waals surface area contributed by atoms with Gasteiger partial charge in [-0.1, -0.05) is 6.07 Å². The van der Waals surface area contributed by atoms with E-state index < -0.39 is 11.6 Å². The van der Waals surface area contributed by atoms with Crippen LogP contribution in [-0.4, -0.2) is 13.1 Å². The highest BCUT2D eigenvalue weighted by Crippen LogP contribution is 2.15. The minimum absolute atomic E-state index is 0.152. The molecule has 2 rings (SSSR count). The van der Waals surface area contributed by atoms with Crippen LogP contribution in [-0.2, 0) is 12.8 Å². The van der Waals surface area contributed by atoms with Crippen LogP contribution < -0.4 is 5.32 Å². The third-order valence-corrected chi connectivity index (χ3v) is 3.68. The van der Waals surface area contributed by atoms with E-state index in [2.05, 4.69) is 16.8 Å². The molecular formula is C14H15F2NS. The van der Waals surface area contributed by atoms with Crippen LogP contribution in [0.3, 0.4) is 0 Å². The molecule has 0 aliphatic heterocycles. The summed E-state index contributed by atoms with van der Waals surface area (Å²) in [6.45, 7) is 0. The molecule has 96 valence electrons. The minimum atomic E-state index is -0.532. The molecule has 1 aromatic carbocycles. The molecule has 0 amide bonds. The molecule has 0 aliphatic carbocycles. The van der Waals surface area contributed by atoms with Crippen LogP contribution in [0.15, 0.2) is 35.0 Å². The van der Waals surface area contributed by atoms with Gasteiger partial charge in [0.15, 0.2) is 0 Å². The maximum absolute atomic E-state index is 13.6. The molecule has 0 spiro atoms. The van der Waals surface area contributed by atoms with Crippen molar-refractivity contribution in [3.05, 3.63) is 57.8 Å². The Bertz CT molecular complexity index is 497. The summed E-state index contributed by atoms with van der Waals surface area (Å²) in [5.41, 5.74) is 1.79. The summed E-state index contributed by atoms with van der Waals surface area (Å²) in [5.74, 6) is -1.00. The Balaban J connectivity index is 2.05. The molecule has 0 aliphatic rings. The first-order valence-electron chi connectivity index (χ1n) is 5.81. The zero-order valence-electron chi connectivity index (χ0n) is 10.1. The Morgan fingerprint density at radius 1 is 1.22 bits per heavy atom. The number of likely N-dealkylation sites (N-methyl/N-ethyl adjacent to an activating group) is 1. The zero-order chi connectivity index (χ0) is 13.0. The van der Waals surface area contributed by atoms with Crippen molar-refractivity contribution in [3.63, 3.8) is 0 Å². The van der Waals surface area contributed by atoms with E-state index in [-0.39, 0.29) is 6.04 Å². The van der Waals surface area contributed by atoms with Crippen molar-refractivity contribution >= 4 is 11.3 Å². The molecule has 0 saturated carbocycles. The molecule has 4 heteroatoms. The van der Waals surface area contributed by atoms with Crippen LogP contribution in [0.1, 0.15) is 11.1 Å². The summed E-state index contributed by atoms with van der Waals surface area (Å²) >= 11 is 1.65. The second-order valence-electron chi connectivity index (χ2n) is 4.26. The monoisotopic (exact) mass is 267 g/mol. The minimum Gasteiger partial charge on any atom is -0.316 e. The van der Waals surface area contributed by atoms with E-state index in [4.69, 9.17) is 0 Å². The van der Waals surface area contributed by atoms with Crippen LogP contribution in [0, 0.1) is 11.6 Å². The lowest BCUT2D eigenvalue weighted by Gasteiger charge is -2.16. The van der Waals surface area contributed by atoms with E-state index in [1.54, 1.807) is 11.3 Å². The van der Waals surface area contributed by atoms with Gasteiger partial charge in [-0.05, 0) is 53.9 Å². The highest BCUT2D eigenvalue weighted by Gasteiger charge is 2.12. The van der Waals surface area contributed by atoms with E-state index in [0.717, 1.165) is 12.5 Å². The van der Waals surface area contributed by atoms with Gasteiger partial charge >= 0.3 is 0 Å². The van der Waals surface area contributed by atoms with Crippen molar-refractivity contribution in [1.29, 1.82) is 0 Å². The smallest absolute Gasteiger partial charge is 0.129 e. The Hall–Kier alpha value is -1.26. The van der Waals surface area contributed by atoms with Crippen molar-refractivity contribution in [2.75, 3.05) is 7.05 Å². The first kappa shape index (κ1) is 13.2. The number of benzene rings is 1. The molecular weight excluding hydrogens is 252 g/mol. The SMILES string of the molecule is CNC(Cc1ccsc1)Cc1ccc(F)cc1F. The molecule has 1 N–H and O–H groups in total. The van der Waals surface area contributed by atoms with Gasteiger partial charge in [-0.2, -0.15) is 11.3 Å². The third-order valence-electron chi connectivity index (χ3n) is 2.95. The molecule has 1 nitrogen and oxygen atoms in total. The largest absolute Gasteiger partial charge is 0.316 e. The lowest BCUT2D eigenvalue weighted by atomic mass is 10.0. The van der Waals surface area contributed by atoms with E-state index >= 15 is 0 Å². The van der Waals surface area contributed by atoms with E-state index in [0.29, 0.717) is 12.0 Å². The van der Waals surface area contributed by atoms with E-state index in [1.165, 1.54) is 17.7 Å². The standard InChI is InChI=1S/C14H15F2NS/c1-17-13(6-10-4-5-18-9-10)7-11-2-3-12(15)8-14(11)16/h2-5,8-9,13,17H,6-7H2,1H3. The topological polar surface area (TPSA) is 12.0 Å². The van der Waals surface area contributed by atoms with Crippen LogP contribution in [0.2, 0.25) is 0 Å². The van der Waals surface area contributed by atoms with Gasteiger partial charge < -0.3 is 5.32 Å². The van der Waals surface area contributed by atoms with Gasteiger partial charge in [0.1, 0.15) is 11.6 Å². The molecule has 1 heterocycles. The summed E-state index contributed by atoms with van der Waals surface area (Å²) in [4.78, 5) is 0. The van der Waals surface area contributed by atoms with Crippen molar-refractivity contribution in [3.8, 4) is 0 Å². The number of hydrogen-bond acceptors (Lipinski definition) is 2. The number of rotatable bonds is 5. The summed E-state index contributed by atoms with van der Waals surface area (Å²) in [5, 5.41) is 7.29. The number of nitrogens with one attached hydrogen (secondary N) is 1. The normalized spacial score (nSPS) is 12.6. The Labute approximate surface area is 109 Å². The second-order valence-corrected chi connectivity index (χ2v) is 5.04. The first-order chi connectivity index (χ1) is 8.69. The van der Waals surface area contributed by atoms with Gasteiger partial charge in [0.2, 0.25) is 0 Å².